The average Bonchev–Trinajstić information content (AvgIpc) is 2.06. The summed E-state index contributed by atoms with van der Waals surface area (Å²) in [5.74, 6) is 1.26. The van der Waals surface area contributed by atoms with Crippen LogP contribution < -0.4 is 5.73 Å². The molecule has 0 aromatic heterocycles. The van der Waals surface area contributed by atoms with Crippen molar-refractivity contribution < 1.29 is 5.11 Å². The van der Waals surface area contributed by atoms with Gasteiger partial charge in [0, 0.05) is 6.61 Å². The maximum absolute atomic E-state index is 9.05. The molecule has 0 aliphatic heterocycles. The van der Waals surface area contributed by atoms with E-state index in [1.54, 1.807) is 0 Å². The summed E-state index contributed by atoms with van der Waals surface area (Å²) in [6.07, 6.45) is 6.22. The lowest BCUT2D eigenvalue weighted by Gasteiger charge is -2.29. The van der Waals surface area contributed by atoms with Gasteiger partial charge in [-0.3, -0.25) is 0 Å². The normalized spacial score (nSPS) is 32.2. The Morgan fingerprint density at radius 2 is 1.82 bits per heavy atom. The number of aliphatic hydroxyl groups is 1. The van der Waals surface area contributed by atoms with Crippen LogP contribution in [0.3, 0.4) is 0 Å². The maximum Gasteiger partial charge on any atom is 0.0461 e. The van der Waals surface area contributed by atoms with E-state index in [4.69, 9.17) is 10.8 Å². The van der Waals surface area contributed by atoms with E-state index in [9.17, 15) is 0 Å². The number of nitrogens with two attached hydrogens (primary N) is 1. The topological polar surface area (TPSA) is 46.2 Å². The van der Waals surface area contributed by atoms with Gasteiger partial charge in [0.15, 0.2) is 0 Å². The van der Waals surface area contributed by atoms with E-state index in [1.165, 1.54) is 25.7 Å². The van der Waals surface area contributed by atoms with Gasteiger partial charge in [0.05, 0.1) is 0 Å². The molecule has 2 nitrogen and oxygen atoms in total. The molecule has 66 valence electrons. The fraction of sp³-hybridized carbons (Fsp3) is 1.00. The summed E-state index contributed by atoms with van der Waals surface area (Å²) in [5, 5.41) is 9.05. The van der Waals surface area contributed by atoms with Crippen LogP contribution in [-0.4, -0.2) is 18.3 Å². The van der Waals surface area contributed by atoms with E-state index in [0.717, 1.165) is 13.0 Å². The van der Waals surface area contributed by atoms with Gasteiger partial charge in [-0.15, -0.1) is 0 Å². The van der Waals surface area contributed by atoms with Crippen LogP contribution in [-0.2, 0) is 0 Å². The van der Waals surface area contributed by atoms with Gasteiger partial charge >= 0.3 is 0 Å². The molecule has 1 saturated carbocycles. The molecule has 2 heteroatoms. The van der Waals surface area contributed by atoms with E-state index < -0.39 is 0 Å². The molecule has 0 amide bonds. The Morgan fingerprint density at radius 1 is 1.18 bits per heavy atom. The van der Waals surface area contributed by atoms with E-state index in [0.29, 0.717) is 18.4 Å². The number of rotatable bonds is 3. The lowest BCUT2D eigenvalue weighted by atomic mass is 9.78. The molecule has 0 spiro atoms. The molecule has 1 aliphatic carbocycles. The third kappa shape index (κ3) is 2.46. The van der Waals surface area contributed by atoms with Crippen LogP contribution >= 0.6 is 0 Å². The highest BCUT2D eigenvalue weighted by Crippen LogP contribution is 2.31. The summed E-state index contributed by atoms with van der Waals surface area (Å²) in [5.41, 5.74) is 5.49. The summed E-state index contributed by atoms with van der Waals surface area (Å²) in [6, 6.07) is 0. The largest absolute Gasteiger partial charge is 0.396 e. The quantitative estimate of drug-likeness (QED) is 0.645. The molecule has 11 heavy (non-hydrogen) atoms. The zero-order chi connectivity index (χ0) is 8.10. The lowest BCUT2D eigenvalue weighted by Crippen LogP contribution is -2.24. The first-order chi connectivity index (χ1) is 5.38. The Balaban J connectivity index is 2.31. The van der Waals surface area contributed by atoms with Gasteiger partial charge in [-0.05, 0) is 31.2 Å². The van der Waals surface area contributed by atoms with Crippen molar-refractivity contribution in [2.45, 2.75) is 32.1 Å². The van der Waals surface area contributed by atoms with Gasteiger partial charge in [-0.2, -0.15) is 0 Å². The van der Waals surface area contributed by atoms with Crippen molar-refractivity contribution in [3.8, 4) is 0 Å². The highest BCUT2D eigenvalue weighted by molar-refractivity contribution is 4.74. The van der Waals surface area contributed by atoms with Crippen LogP contribution in [0.1, 0.15) is 32.1 Å². The summed E-state index contributed by atoms with van der Waals surface area (Å²) in [6.45, 7) is 1.14. The van der Waals surface area contributed by atoms with E-state index in [-0.39, 0.29) is 0 Å². The van der Waals surface area contributed by atoms with Crippen LogP contribution in [0, 0.1) is 11.8 Å². The molecule has 0 aromatic carbocycles. The Labute approximate surface area is 68.8 Å². The summed E-state index contributed by atoms with van der Waals surface area (Å²) >= 11 is 0. The van der Waals surface area contributed by atoms with Crippen molar-refractivity contribution in [3.05, 3.63) is 0 Å². The second-order valence-electron chi connectivity index (χ2n) is 3.56. The van der Waals surface area contributed by atoms with Crippen molar-refractivity contribution in [2.24, 2.45) is 17.6 Å². The summed E-state index contributed by atoms with van der Waals surface area (Å²) in [4.78, 5) is 0. The molecule has 2 atom stereocenters. The summed E-state index contributed by atoms with van der Waals surface area (Å²) < 4.78 is 0. The van der Waals surface area contributed by atoms with Crippen LogP contribution in [0.15, 0.2) is 0 Å². The Hall–Kier alpha value is -0.0800. The molecule has 0 radical (unpaired) electrons. The molecular formula is C9H19NO. The SMILES string of the molecule is NCCC1CCCCC1CO. The van der Waals surface area contributed by atoms with E-state index in [1.807, 2.05) is 0 Å². The van der Waals surface area contributed by atoms with Crippen LogP contribution in [0.4, 0.5) is 0 Å². The van der Waals surface area contributed by atoms with E-state index >= 15 is 0 Å². The van der Waals surface area contributed by atoms with Gasteiger partial charge in [0.25, 0.3) is 0 Å². The number of hydrogen-bond acceptors (Lipinski definition) is 2. The van der Waals surface area contributed by atoms with Gasteiger partial charge in [0.2, 0.25) is 0 Å². The highest BCUT2D eigenvalue weighted by Gasteiger charge is 2.23. The Kier molecular flexibility index (Phi) is 3.87. The third-order valence-electron chi connectivity index (χ3n) is 2.84. The molecule has 2 unspecified atom stereocenters. The molecule has 3 N–H and O–H groups in total. The fourth-order valence-corrected chi connectivity index (χ4v) is 2.12. The molecule has 0 saturated heterocycles. The lowest BCUT2D eigenvalue weighted by molar-refractivity contribution is 0.130. The average molecular weight is 157 g/mol. The van der Waals surface area contributed by atoms with Crippen LogP contribution in [0.2, 0.25) is 0 Å². The van der Waals surface area contributed by atoms with Crippen LogP contribution in [0.25, 0.3) is 0 Å². The highest BCUT2D eigenvalue weighted by atomic mass is 16.3. The Bertz CT molecular complexity index is 104. The smallest absolute Gasteiger partial charge is 0.0461 e. The summed E-state index contributed by atoms with van der Waals surface area (Å²) in [7, 11) is 0. The maximum atomic E-state index is 9.05. The Morgan fingerprint density at radius 3 is 2.36 bits per heavy atom. The van der Waals surface area contributed by atoms with Crippen LogP contribution in [0.5, 0.6) is 0 Å². The van der Waals surface area contributed by atoms with Crippen molar-refractivity contribution in [3.63, 3.8) is 0 Å². The van der Waals surface area contributed by atoms with Gasteiger partial charge in [-0.1, -0.05) is 19.3 Å². The standard InChI is InChI=1S/C9H19NO/c10-6-5-8-3-1-2-4-9(8)7-11/h8-9,11H,1-7,10H2. The van der Waals surface area contributed by atoms with Gasteiger partial charge in [-0.25, -0.2) is 0 Å². The van der Waals surface area contributed by atoms with Crippen molar-refractivity contribution in [1.29, 1.82) is 0 Å². The molecular weight excluding hydrogens is 138 g/mol. The number of aliphatic hydroxyl groups excluding tert-OH is 1. The van der Waals surface area contributed by atoms with Gasteiger partial charge < -0.3 is 10.8 Å². The monoisotopic (exact) mass is 157 g/mol. The van der Waals surface area contributed by atoms with E-state index in [2.05, 4.69) is 0 Å². The minimum absolute atomic E-state index is 0.366. The number of hydrogen-bond donors (Lipinski definition) is 2. The third-order valence-corrected chi connectivity index (χ3v) is 2.84. The molecule has 0 aromatic rings. The molecule has 0 heterocycles. The minimum atomic E-state index is 0.366. The van der Waals surface area contributed by atoms with Crippen molar-refractivity contribution >= 4 is 0 Å². The molecule has 1 aliphatic rings. The first-order valence-corrected chi connectivity index (χ1v) is 4.69. The predicted octanol–water partition coefficient (Wildman–Crippen LogP) is 1.13. The zero-order valence-electron chi connectivity index (χ0n) is 7.13. The second kappa shape index (κ2) is 4.73. The fourth-order valence-electron chi connectivity index (χ4n) is 2.12. The van der Waals surface area contributed by atoms with Crippen molar-refractivity contribution in [2.75, 3.05) is 13.2 Å². The predicted molar refractivity (Wildman–Crippen MR) is 46.2 cm³/mol. The minimum Gasteiger partial charge on any atom is -0.396 e. The molecule has 1 rings (SSSR count). The molecule has 0 bridgehead atoms. The van der Waals surface area contributed by atoms with Gasteiger partial charge in [0.1, 0.15) is 0 Å². The molecule has 1 fully saturated rings. The second-order valence-corrected chi connectivity index (χ2v) is 3.56. The first kappa shape index (κ1) is 9.01. The zero-order valence-corrected chi connectivity index (χ0v) is 7.13. The van der Waals surface area contributed by atoms with Crippen molar-refractivity contribution in [1.82, 2.24) is 0 Å². The first-order valence-electron chi connectivity index (χ1n) is 4.69.